The van der Waals surface area contributed by atoms with Gasteiger partial charge in [-0.25, -0.2) is 4.98 Å². The summed E-state index contributed by atoms with van der Waals surface area (Å²) >= 11 is 0. The predicted molar refractivity (Wildman–Crippen MR) is 71.1 cm³/mol. The number of aromatic amines is 1. The number of hydrogen-bond donors (Lipinski definition) is 2. The fourth-order valence-corrected chi connectivity index (χ4v) is 2.52. The first-order chi connectivity index (χ1) is 8.92. The standard InChI is InChI=1S/C14H18N4/c1-2-11(9-16-5-1)8-14-17-10-13(18-14)12-3-6-15-7-4-12/h3-4,6-7,10-11,16H,1-2,5,8-9H2,(H,17,18). The Hall–Kier alpha value is -1.68. The molecule has 94 valence electrons. The van der Waals surface area contributed by atoms with E-state index in [0.29, 0.717) is 0 Å². The van der Waals surface area contributed by atoms with Gasteiger partial charge in [0.2, 0.25) is 0 Å². The second kappa shape index (κ2) is 5.31. The van der Waals surface area contributed by atoms with Gasteiger partial charge in [0, 0.05) is 24.4 Å². The molecule has 0 radical (unpaired) electrons. The van der Waals surface area contributed by atoms with Crippen LogP contribution in [0, 0.1) is 5.92 Å². The molecule has 4 heteroatoms. The van der Waals surface area contributed by atoms with Crippen molar-refractivity contribution in [3.63, 3.8) is 0 Å². The number of imidazole rings is 1. The second-order valence-corrected chi connectivity index (χ2v) is 4.90. The van der Waals surface area contributed by atoms with Crippen LogP contribution in [0.15, 0.2) is 30.7 Å². The molecular formula is C14H18N4. The van der Waals surface area contributed by atoms with Crippen molar-refractivity contribution in [1.82, 2.24) is 20.3 Å². The number of rotatable bonds is 3. The Bertz CT molecular complexity index is 486. The van der Waals surface area contributed by atoms with E-state index in [1.807, 2.05) is 18.3 Å². The van der Waals surface area contributed by atoms with E-state index in [0.717, 1.165) is 42.5 Å². The van der Waals surface area contributed by atoms with E-state index in [-0.39, 0.29) is 0 Å². The predicted octanol–water partition coefficient (Wildman–Crippen LogP) is 2.01. The summed E-state index contributed by atoms with van der Waals surface area (Å²) in [5, 5.41) is 3.44. The summed E-state index contributed by atoms with van der Waals surface area (Å²) < 4.78 is 0. The zero-order chi connectivity index (χ0) is 12.2. The molecule has 3 heterocycles. The summed E-state index contributed by atoms with van der Waals surface area (Å²) in [5.74, 6) is 1.81. The first-order valence-electron chi connectivity index (χ1n) is 6.57. The third kappa shape index (κ3) is 2.59. The van der Waals surface area contributed by atoms with Gasteiger partial charge in [0.05, 0.1) is 11.9 Å². The molecule has 1 aliphatic rings. The van der Waals surface area contributed by atoms with Gasteiger partial charge in [-0.15, -0.1) is 0 Å². The van der Waals surface area contributed by atoms with Gasteiger partial charge in [-0.1, -0.05) is 0 Å². The monoisotopic (exact) mass is 242 g/mol. The van der Waals surface area contributed by atoms with Crippen LogP contribution >= 0.6 is 0 Å². The first kappa shape index (κ1) is 11.4. The highest BCUT2D eigenvalue weighted by molar-refractivity contribution is 5.57. The van der Waals surface area contributed by atoms with Crippen molar-refractivity contribution in [2.24, 2.45) is 5.92 Å². The lowest BCUT2D eigenvalue weighted by Crippen LogP contribution is -2.31. The molecule has 1 unspecified atom stereocenters. The zero-order valence-electron chi connectivity index (χ0n) is 10.4. The van der Waals surface area contributed by atoms with Gasteiger partial charge in [0.15, 0.2) is 0 Å². The fourth-order valence-electron chi connectivity index (χ4n) is 2.52. The molecule has 0 amide bonds. The Kier molecular flexibility index (Phi) is 3.37. The normalized spacial score (nSPS) is 19.9. The van der Waals surface area contributed by atoms with Crippen LogP contribution in [-0.4, -0.2) is 28.0 Å². The summed E-state index contributed by atoms with van der Waals surface area (Å²) in [4.78, 5) is 11.9. The number of H-pyrrole nitrogens is 1. The van der Waals surface area contributed by atoms with Crippen LogP contribution in [0.2, 0.25) is 0 Å². The Morgan fingerprint density at radius 1 is 1.28 bits per heavy atom. The maximum atomic E-state index is 4.48. The number of piperidine rings is 1. The van der Waals surface area contributed by atoms with Gasteiger partial charge in [-0.3, -0.25) is 4.98 Å². The van der Waals surface area contributed by atoms with Crippen LogP contribution in [0.25, 0.3) is 11.3 Å². The number of aromatic nitrogens is 3. The largest absolute Gasteiger partial charge is 0.342 e. The van der Waals surface area contributed by atoms with Gasteiger partial charge in [0.1, 0.15) is 5.82 Å². The van der Waals surface area contributed by atoms with Gasteiger partial charge in [-0.2, -0.15) is 0 Å². The van der Waals surface area contributed by atoms with Crippen molar-refractivity contribution in [2.75, 3.05) is 13.1 Å². The van der Waals surface area contributed by atoms with Crippen LogP contribution in [0.1, 0.15) is 18.7 Å². The quantitative estimate of drug-likeness (QED) is 0.865. The van der Waals surface area contributed by atoms with E-state index >= 15 is 0 Å². The summed E-state index contributed by atoms with van der Waals surface area (Å²) in [6.45, 7) is 2.28. The summed E-state index contributed by atoms with van der Waals surface area (Å²) in [5.41, 5.74) is 2.22. The summed E-state index contributed by atoms with van der Waals surface area (Å²) in [6, 6.07) is 4.00. The topological polar surface area (TPSA) is 53.6 Å². The summed E-state index contributed by atoms with van der Waals surface area (Å²) in [7, 11) is 0. The van der Waals surface area contributed by atoms with Crippen molar-refractivity contribution < 1.29 is 0 Å². The van der Waals surface area contributed by atoms with Crippen molar-refractivity contribution in [3.05, 3.63) is 36.5 Å². The van der Waals surface area contributed by atoms with Crippen molar-refractivity contribution >= 4 is 0 Å². The highest BCUT2D eigenvalue weighted by Gasteiger charge is 2.15. The van der Waals surface area contributed by atoms with Crippen LogP contribution < -0.4 is 5.32 Å². The Labute approximate surface area is 107 Å². The molecule has 3 rings (SSSR count). The maximum absolute atomic E-state index is 4.48. The van der Waals surface area contributed by atoms with Crippen LogP contribution in [0.5, 0.6) is 0 Å². The molecule has 1 aliphatic heterocycles. The molecule has 4 nitrogen and oxygen atoms in total. The molecule has 1 saturated heterocycles. The molecule has 0 saturated carbocycles. The first-order valence-corrected chi connectivity index (χ1v) is 6.57. The molecule has 2 aromatic heterocycles. The van der Waals surface area contributed by atoms with Gasteiger partial charge in [0.25, 0.3) is 0 Å². The molecular weight excluding hydrogens is 224 g/mol. The number of nitrogens with zero attached hydrogens (tertiary/aromatic N) is 2. The van der Waals surface area contributed by atoms with Crippen molar-refractivity contribution in [3.8, 4) is 11.3 Å². The van der Waals surface area contributed by atoms with Gasteiger partial charge >= 0.3 is 0 Å². The SMILES string of the molecule is c1cc(-c2cnc(CC3CCCNC3)[nH]2)ccn1. The second-order valence-electron chi connectivity index (χ2n) is 4.90. The highest BCUT2D eigenvalue weighted by Crippen LogP contribution is 2.19. The van der Waals surface area contributed by atoms with Gasteiger partial charge in [-0.05, 0) is 44.0 Å². The van der Waals surface area contributed by atoms with E-state index < -0.39 is 0 Å². The smallest absolute Gasteiger partial charge is 0.106 e. The van der Waals surface area contributed by atoms with E-state index in [1.165, 1.54) is 12.8 Å². The molecule has 1 fully saturated rings. The lowest BCUT2D eigenvalue weighted by molar-refractivity contribution is 0.371. The maximum Gasteiger partial charge on any atom is 0.106 e. The van der Waals surface area contributed by atoms with Crippen LogP contribution in [0.3, 0.4) is 0 Å². The Morgan fingerprint density at radius 2 is 2.17 bits per heavy atom. The lowest BCUT2D eigenvalue weighted by Gasteiger charge is -2.21. The average molecular weight is 242 g/mol. The fraction of sp³-hybridized carbons (Fsp3) is 0.429. The Morgan fingerprint density at radius 3 is 2.94 bits per heavy atom. The third-order valence-corrected chi connectivity index (χ3v) is 3.50. The number of pyridine rings is 1. The molecule has 2 N–H and O–H groups in total. The average Bonchev–Trinajstić information content (AvgIpc) is 2.89. The molecule has 18 heavy (non-hydrogen) atoms. The van der Waals surface area contributed by atoms with Crippen molar-refractivity contribution in [2.45, 2.75) is 19.3 Å². The molecule has 0 bridgehead atoms. The third-order valence-electron chi connectivity index (χ3n) is 3.50. The zero-order valence-corrected chi connectivity index (χ0v) is 10.4. The van der Waals surface area contributed by atoms with E-state index in [2.05, 4.69) is 20.3 Å². The minimum absolute atomic E-state index is 0.718. The Balaban J connectivity index is 1.69. The molecule has 1 atom stereocenters. The van der Waals surface area contributed by atoms with Crippen LogP contribution in [-0.2, 0) is 6.42 Å². The summed E-state index contributed by atoms with van der Waals surface area (Å²) in [6.07, 6.45) is 9.15. The van der Waals surface area contributed by atoms with E-state index in [9.17, 15) is 0 Å². The number of nitrogens with one attached hydrogen (secondary N) is 2. The number of hydrogen-bond acceptors (Lipinski definition) is 3. The lowest BCUT2D eigenvalue weighted by atomic mass is 9.96. The minimum atomic E-state index is 0.718. The van der Waals surface area contributed by atoms with Crippen LogP contribution in [0.4, 0.5) is 0 Å². The van der Waals surface area contributed by atoms with Crippen molar-refractivity contribution in [1.29, 1.82) is 0 Å². The van der Waals surface area contributed by atoms with E-state index in [4.69, 9.17) is 0 Å². The highest BCUT2D eigenvalue weighted by atomic mass is 14.9. The molecule has 2 aromatic rings. The minimum Gasteiger partial charge on any atom is -0.342 e. The molecule has 0 aliphatic carbocycles. The molecule has 0 spiro atoms. The molecule has 0 aromatic carbocycles. The van der Waals surface area contributed by atoms with E-state index in [1.54, 1.807) is 12.4 Å². The van der Waals surface area contributed by atoms with Gasteiger partial charge < -0.3 is 10.3 Å².